The van der Waals surface area contributed by atoms with Gasteiger partial charge in [-0.15, -0.1) is 11.3 Å². The molecule has 0 unspecified atom stereocenters. The number of amides is 1. The molecule has 122 valence electrons. The molecule has 0 saturated carbocycles. The molecule has 1 aliphatic heterocycles. The van der Waals surface area contributed by atoms with Crippen LogP contribution in [0.25, 0.3) is 0 Å². The van der Waals surface area contributed by atoms with Gasteiger partial charge in [-0.25, -0.2) is 4.39 Å². The van der Waals surface area contributed by atoms with Crippen LogP contribution in [0.15, 0.2) is 35.7 Å². The topological polar surface area (TPSA) is 47.6 Å². The lowest BCUT2D eigenvalue weighted by Crippen LogP contribution is -2.18. The van der Waals surface area contributed by atoms with Gasteiger partial charge < -0.3 is 14.8 Å². The van der Waals surface area contributed by atoms with Crippen molar-refractivity contribution >= 4 is 22.9 Å². The predicted octanol–water partition coefficient (Wildman–Crippen LogP) is 3.63. The molecule has 1 amide bonds. The van der Waals surface area contributed by atoms with E-state index in [2.05, 4.69) is 5.32 Å². The lowest BCUT2D eigenvalue weighted by Gasteiger charge is -2.15. The van der Waals surface area contributed by atoms with Gasteiger partial charge in [-0.1, -0.05) is 6.07 Å². The molecule has 23 heavy (non-hydrogen) atoms. The molecule has 0 radical (unpaired) electrons. The number of halogens is 1. The fourth-order valence-corrected chi connectivity index (χ4v) is 3.15. The number of rotatable bonds is 6. The number of ether oxygens (including phenoxy) is 2. The van der Waals surface area contributed by atoms with Crippen LogP contribution in [-0.4, -0.2) is 25.2 Å². The van der Waals surface area contributed by atoms with E-state index >= 15 is 0 Å². The zero-order valence-corrected chi connectivity index (χ0v) is 13.4. The van der Waals surface area contributed by atoms with Crippen LogP contribution in [0.4, 0.5) is 10.1 Å². The van der Waals surface area contributed by atoms with Gasteiger partial charge in [0, 0.05) is 17.6 Å². The van der Waals surface area contributed by atoms with E-state index in [1.807, 2.05) is 17.5 Å². The highest BCUT2D eigenvalue weighted by molar-refractivity contribution is 7.10. The van der Waals surface area contributed by atoms with Crippen LogP contribution in [-0.2, 0) is 16.0 Å². The molecule has 3 rings (SSSR count). The number of thiophene rings is 1. The van der Waals surface area contributed by atoms with Gasteiger partial charge in [0.1, 0.15) is 18.2 Å². The molecule has 1 N–H and O–H groups in total. The van der Waals surface area contributed by atoms with Crippen molar-refractivity contribution in [3.05, 3.63) is 46.4 Å². The average molecular weight is 335 g/mol. The molecule has 1 aliphatic rings. The van der Waals surface area contributed by atoms with E-state index < -0.39 is 5.82 Å². The molecule has 2 aromatic rings. The third kappa shape index (κ3) is 4.53. The van der Waals surface area contributed by atoms with Crippen molar-refractivity contribution in [1.29, 1.82) is 0 Å². The maximum absolute atomic E-state index is 13.5. The highest BCUT2D eigenvalue weighted by Gasteiger charge is 2.17. The Hall–Kier alpha value is -1.92. The summed E-state index contributed by atoms with van der Waals surface area (Å²) in [5.41, 5.74) is 0.351. The Morgan fingerprint density at radius 1 is 1.43 bits per heavy atom. The van der Waals surface area contributed by atoms with Gasteiger partial charge in [0.25, 0.3) is 0 Å². The van der Waals surface area contributed by atoms with Crippen LogP contribution in [0.5, 0.6) is 5.75 Å². The number of hydrogen-bond donors (Lipinski definition) is 1. The van der Waals surface area contributed by atoms with Crippen molar-refractivity contribution < 1.29 is 18.7 Å². The van der Waals surface area contributed by atoms with E-state index in [-0.39, 0.29) is 18.4 Å². The smallest absolute Gasteiger partial charge is 0.229 e. The molecular formula is C17H18FNO3S. The lowest BCUT2D eigenvalue weighted by atomic mass is 10.2. The Bertz CT molecular complexity index is 654. The third-order valence-corrected chi connectivity index (χ3v) is 4.46. The van der Waals surface area contributed by atoms with Crippen LogP contribution in [0.1, 0.15) is 17.7 Å². The normalized spacial score (nSPS) is 17.2. The molecular weight excluding hydrogens is 317 g/mol. The molecule has 0 spiro atoms. The number of nitrogens with one attached hydrogen (secondary N) is 1. The van der Waals surface area contributed by atoms with Crippen molar-refractivity contribution in [3.63, 3.8) is 0 Å². The molecule has 0 bridgehead atoms. The summed E-state index contributed by atoms with van der Waals surface area (Å²) >= 11 is 1.51. The molecule has 1 aromatic heterocycles. The van der Waals surface area contributed by atoms with Crippen molar-refractivity contribution in [1.82, 2.24) is 0 Å². The maximum Gasteiger partial charge on any atom is 0.229 e. The first-order valence-corrected chi connectivity index (χ1v) is 8.45. The van der Waals surface area contributed by atoms with Gasteiger partial charge >= 0.3 is 0 Å². The molecule has 6 heteroatoms. The highest BCUT2D eigenvalue weighted by atomic mass is 32.1. The summed E-state index contributed by atoms with van der Waals surface area (Å²) in [6.07, 6.45) is 2.32. The molecule has 1 fully saturated rings. The van der Waals surface area contributed by atoms with Crippen LogP contribution in [0.3, 0.4) is 0 Å². The van der Waals surface area contributed by atoms with E-state index in [0.717, 1.165) is 24.3 Å². The SMILES string of the molecule is O=C(Cc1cccs1)Nc1cc(F)ccc1OC[C@H]1CCCO1. The van der Waals surface area contributed by atoms with E-state index in [9.17, 15) is 9.18 Å². The van der Waals surface area contributed by atoms with Crippen molar-refractivity contribution in [2.24, 2.45) is 0 Å². The van der Waals surface area contributed by atoms with E-state index in [0.29, 0.717) is 18.0 Å². The number of anilines is 1. The second-order valence-electron chi connectivity index (χ2n) is 5.39. The fraction of sp³-hybridized carbons (Fsp3) is 0.353. The first-order chi connectivity index (χ1) is 11.2. The third-order valence-electron chi connectivity index (χ3n) is 3.58. The van der Waals surface area contributed by atoms with E-state index in [1.54, 1.807) is 0 Å². The Balaban J connectivity index is 1.64. The van der Waals surface area contributed by atoms with Gasteiger partial charge in [0.15, 0.2) is 0 Å². The van der Waals surface area contributed by atoms with Gasteiger partial charge in [-0.05, 0) is 36.4 Å². The fourth-order valence-electron chi connectivity index (χ4n) is 2.45. The van der Waals surface area contributed by atoms with Crippen LogP contribution in [0, 0.1) is 5.82 Å². The zero-order chi connectivity index (χ0) is 16.1. The predicted molar refractivity (Wildman–Crippen MR) is 87.5 cm³/mol. The first-order valence-electron chi connectivity index (χ1n) is 7.57. The van der Waals surface area contributed by atoms with Crippen LogP contribution >= 0.6 is 11.3 Å². The highest BCUT2D eigenvalue weighted by Crippen LogP contribution is 2.27. The Kier molecular flexibility index (Phi) is 5.25. The minimum atomic E-state index is -0.416. The first kappa shape index (κ1) is 16.0. The molecule has 1 aromatic carbocycles. The Morgan fingerprint density at radius 3 is 3.09 bits per heavy atom. The minimum Gasteiger partial charge on any atom is -0.489 e. The monoisotopic (exact) mass is 335 g/mol. The number of carbonyl (C=O) groups is 1. The van der Waals surface area contributed by atoms with Crippen molar-refractivity contribution in [3.8, 4) is 5.75 Å². The van der Waals surface area contributed by atoms with Crippen LogP contribution < -0.4 is 10.1 Å². The Morgan fingerprint density at radius 2 is 2.35 bits per heavy atom. The maximum atomic E-state index is 13.5. The lowest BCUT2D eigenvalue weighted by molar-refractivity contribution is -0.115. The minimum absolute atomic E-state index is 0.0646. The van der Waals surface area contributed by atoms with Crippen molar-refractivity contribution in [2.45, 2.75) is 25.4 Å². The van der Waals surface area contributed by atoms with Gasteiger partial charge in [0.05, 0.1) is 18.2 Å². The summed E-state index contributed by atoms with van der Waals surface area (Å²) in [7, 11) is 0. The second kappa shape index (κ2) is 7.57. The molecule has 4 nitrogen and oxygen atoms in total. The summed E-state index contributed by atoms with van der Waals surface area (Å²) in [4.78, 5) is 13.1. The quantitative estimate of drug-likeness (QED) is 0.877. The molecule has 0 aliphatic carbocycles. The average Bonchev–Trinajstić information content (AvgIpc) is 3.19. The van der Waals surface area contributed by atoms with Crippen molar-refractivity contribution in [2.75, 3.05) is 18.5 Å². The van der Waals surface area contributed by atoms with Gasteiger partial charge in [-0.3, -0.25) is 4.79 Å². The summed E-state index contributed by atoms with van der Waals surface area (Å²) in [5, 5.41) is 4.64. The standard InChI is InChI=1S/C17H18FNO3S/c18-12-5-6-16(22-11-13-3-1-7-21-13)15(9-12)19-17(20)10-14-4-2-8-23-14/h2,4-6,8-9,13H,1,3,7,10-11H2,(H,19,20)/t13-/m1/s1. The second-order valence-corrected chi connectivity index (χ2v) is 6.42. The largest absolute Gasteiger partial charge is 0.489 e. The van der Waals surface area contributed by atoms with E-state index in [4.69, 9.17) is 9.47 Å². The van der Waals surface area contributed by atoms with Crippen LogP contribution in [0.2, 0.25) is 0 Å². The van der Waals surface area contributed by atoms with Gasteiger partial charge in [-0.2, -0.15) is 0 Å². The zero-order valence-electron chi connectivity index (χ0n) is 12.6. The number of hydrogen-bond acceptors (Lipinski definition) is 4. The molecule has 1 saturated heterocycles. The molecule has 2 heterocycles. The van der Waals surface area contributed by atoms with E-state index in [1.165, 1.54) is 29.5 Å². The molecule has 1 atom stereocenters. The Labute approximate surface area is 138 Å². The summed E-state index contributed by atoms with van der Waals surface area (Å²) in [6, 6.07) is 7.91. The summed E-state index contributed by atoms with van der Waals surface area (Å²) in [5.74, 6) is -0.151. The summed E-state index contributed by atoms with van der Waals surface area (Å²) in [6.45, 7) is 1.15. The number of benzene rings is 1. The van der Waals surface area contributed by atoms with Gasteiger partial charge in [0.2, 0.25) is 5.91 Å². The summed E-state index contributed by atoms with van der Waals surface area (Å²) < 4.78 is 24.7. The number of carbonyl (C=O) groups excluding carboxylic acids is 1.